The maximum atomic E-state index is 12.3. The van der Waals surface area contributed by atoms with E-state index in [0.717, 1.165) is 36.1 Å². The van der Waals surface area contributed by atoms with Crippen LogP contribution in [0.1, 0.15) is 50.3 Å². The Morgan fingerprint density at radius 3 is 2.83 bits per heavy atom. The van der Waals surface area contributed by atoms with Crippen LogP contribution in [0.2, 0.25) is 0 Å². The second-order valence-corrected chi connectivity index (χ2v) is 9.45. The van der Waals surface area contributed by atoms with E-state index in [-0.39, 0.29) is 24.4 Å². The van der Waals surface area contributed by atoms with Gasteiger partial charge in [0.05, 0.1) is 31.6 Å². The van der Waals surface area contributed by atoms with Crippen LogP contribution in [0, 0.1) is 6.92 Å². The van der Waals surface area contributed by atoms with Crippen molar-refractivity contribution in [1.29, 1.82) is 0 Å². The molecule has 2 unspecified atom stereocenters. The fourth-order valence-electron chi connectivity index (χ4n) is 3.33. The second kappa shape index (κ2) is 12.1. The van der Waals surface area contributed by atoms with E-state index in [9.17, 15) is 8.42 Å². The van der Waals surface area contributed by atoms with Gasteiger partial charge in [-0.3, -0.25) is 4.99 Å². The van der Waals surface area contributed by atoms with E-state index in [1.807, 2.05) is 32.9 Å². The van der Waals surface area contributed by atoms with Gasteiger partial charge in [-0.15, -0.1) is 0 Å². The molecule has 2 atom stereocenters. The van der Waals surface area contributed by atoms with E-state index in [1.54, 1.807) is 7.11 Å². The predicted molar refractivity (Wildman–Crippen MR) is 121 cm³/mol. The highest BCUT2D eigenvalue weighted by Gasteiger charge is 2.18. The maximum Gasteiger partial charge on any atom is 0.213 e. The van der Waals surface area contributed by atoms with Crippen molar-refractivity contribution in [3.8, 4) is 5.75 Å². The molecule has 1 aliphatic heterocycles. The third-order valence-electron chi connectivity index (χ3n) is 4.98. The van der Waals surface area contributed by atoms with E-state index < -0.39 is 10.0 Å². The standard InChI is InChI=1S/C21H36N4O4S/c1-5-22-21(25-17(3)19-14-16(2)9-10-20(19)28-4)23-11-13-30(26,27)24-15-18-8-6-7-12-29-18/h9-10,14,17-18,24H,5-8,11-13,15H2,1-4H3,(H2,22,23,25). The van der Waals surface area contributed by atoms with E-state index >= 15 is 0 Å². The van der Waals surface area contributed by atoms with Gasteiger partial charge in [0.25, 0.3) is 0 Å². The number of guanidine groups is 1. The Morgan fingerprint density at radius 2 is 2.17 bits per heavy atom. The number of benzene rings is 1. The van der Waals surface area contributed by atoms with Crippen LogP contribution in [0.25, 0.3) is 0 Å². The summed E-state index contributed by atoms with van der Waals surface area (Å²) in [5, 5.41) is 6.50. The molecule has 30 heavy (non-hydrogen) atoms. The highest BCUT2D eigenvalue weighted by atomic mass is 32.2. The molecule has 0 aliphatic carbocycles. The number of rotatable bonds is 10. The van der Waals surface area contributed by atoms with E-state index in [4.69, 9.17) is 9.47 Å². The van der Waals surface area contributed by atoms with Crippen molar-refractivity contribution in [3.05, 3.63) is 29.3 Å². The Bertz CT molecular complexity index is 792. The Morgan fingerprint density at radius 1 is 1.37 bits per heavy atom. The van der Waals surface area contributed by atoms with Crippen LogP contribution in [0.3, 0.4) is 0 Å². The molecule has 170 valence electrons. The van der Waals surface area contributed by atoms with Gasteiger partial charge < -0.3 is 20.1 Å². The summed E-state index contributed by atoms with van der Waals surface area (Å²) in [6.45, 7) is 7.89. The SMILES string of the molecule is CCNC(=NCCS(=O)(=O)NCC1CCCCO1)NC(C)c1cc(C)ccc1OC. The van der Waals surface area contributed by atoms with E-state index in [1.165, 1.54) is 0 Å². The lowest BCUT2D eigenvalue weighted by Gasteiger charge is -2.22. The smallest absolute Gasteiger partial charge is 0.213 e. The molecule has 0 spiro atoms. The quantitative estimate of drug-likeness (QED) is 0.381. The summed E-state index contributed by atoms with van der Waals surface area (Å²) in [5.74, 6) is 1.30. The molecule has 0 radical (unpaired) electrons. The van der Waals surface area contributed by atoms with Crippen molar-refractivity contribution in [2.24, 2.45) is 4.99 Å². The van der Waals surface area contributed by atoms with Gasteiger partial charge in [0.2, 0.25) is 10.0 Å². The Labute approximate surface area is 180 Å². The normalized spacial score (nSPS) is 18.7. The lowest BCUT2D eigenvalue weighted by Crippen LogP contribution is -2.40. The average molecular weight is 441 g/mol. The highest BCUT2D eigenvalue weighted by molar-refractivity contribution is 7.89. The molecular weight excluding hydrogens is 404 g/mol. The van der Waals surface area contributed by atoms with Crippen molar-refractivity contribution in [2.45, 2.75) is 52.2 Å². The minimum atomic E-state index is -3.40. The van der Waals surface area contributed by atoms with Gasteiger partial charge >= 0.3 is 0 Å². The number of hydrogen-bond donors (Lipinski definition) is 3. The molecule has 1 heterocycles. The van der Waals surface area contributed by atoms with Gasteiger partial charge in [-0.2, -0.15) is 0 Å². The van der Waals surface area contributed by atoms with Gasteiger partial charge in [-0.1, -0.05) is 17.7 Å². The minimum Gasteiger partial charge on any atom is -0.496 e. The number of methoxy groups -OCH3 is 1. The molecule has 1 aromatic rings. The van der Waals surface area contributed by atoms with Crippen molar-refractivity contribution in [3.63, 3.8) is 0 Å². The number of hydrogen-bond acceptors (Lipinski definition) is 5. The van der Waals surface area contributed by atoms with Crippen LogP contribution in [0.4, 0.5) is 0 Å². The molecule has 0 saturated carbocycles. The van der Waals surface area contributed by atoms with Crippen LogP contribution in [-0.2, 0) is 14.8 Å². The first-order chi connectivity index (χ1) is 14.3. The number of nitrogens with one attached hydrogen (secondary N) is 3. The molecule has 9 heteroatoms. The first-order valence-electron chi connectivity index (χ1n) is 10.6. The zero-order valence-electron chi connectivity index (χ0n) is 18.5. The topological polar surface area (TPSA) is 101 Å². The van der Waals surface area contributed by atoms with Gasteiger partial charge in [0.1, 0.15) is 5.75 Å². The monoisotopic (exact) mass is 440 g/mol. The molecule has 1 fully saturated rings. The maximum absolute atomic E-state index is 12.3. The van der Waals surface area contributed by atoms with Gasteiger partial charge in [0, 0.05) is 25.3 Å². The van der Waals surface area contributed by atoms with Crippen molar-refractivity contribution in [1.82, 2.24) is 15.4 Å². The molecule has 1 aromatic carbocycles. The summed E-state index contributed by atoms with van der Waals surface area (Å²) in [4.78, 5) is 4.44. The van der Waals surface area contributed by atoms with E-state index in [0.29, 0.717) is 25.7 Å². The summed E-state index contributed by atoms with van der Waals surface area (Å²) in [6, 6.07) is 5.96. The number of ether oxygens (including phenoxy) is 2. The van der Waals surface area contributed by atoms with Crippen molar-refractivity contribution in [2.75, 3.05) is 39.1 Å². The molecule has 0 bridgehead atoms. The molecule has 0 amide bonds. The zero-order chi connectivity index (χ0) is 22.0. The number of nitrogens with zero attached hydrogens (tertiary/aromatic N) is 1. The molecule has 2 rings (SSSR count). The highest BCUT2D eigenvalue weighted by Crippen LogP contribution is 2.25. The summed E-state index contributed by atoms with van der Waals surface area (Å²) < 4.78 is 38.3. The molecule has 8 nitrogen and oxygen atoms in total. The summed E-state index contributed by atoms with van der Waals surface area (Å²) in [6.07, 6.45) is 3.00. The number of sulfonamides is 1. The zero-order valence-corrected chi connectivity index (χ0v) is 19.3. The third-order valence-corrected chi connectivity index (χ3v) is 6.31. The fraction of sp³-hybridized carbons (Fsp3) is 0.667. The second-order valence-electron chi connectivity index (χ2n) is 7.53. The van der Waals surface area contributed by atoms with Crippen LogP contribution in [0.5, 0.6) is 5.75 Å². The third kappa shape index (κ3) is 8.12. The van der Waals surface area contributed by atoms with Gasteiger partial charge in [-0.05, 0) is 46.1 Å². The van der Waals surface area contributed by atoms with Crippen LogP contribution >= 0.6 is 0 Å². The minimum absolute atomic E-state index is 0.0267. The molecule has 3 N–H and O–H groups in total. The predicted octanol–water partition coefficient (Wildman–Crippen LogP) is 2.11. The molecule has 0 aromatic heterocycles. The fourth-order valence-corrected chi connectivity index (χ4v) is 4.25. The lowest BCUT2D eigenvalue weighted by molar-refractivity contribution is 0.0200. The molecular formula is C21H36N4O4S. The van der Waals surface area contributed by atoms with Gasteiger partial charge in [-0.25, -0.2) is 13.1 Å². The van der Waals surface area contributed by atoms with Crippen LogP contribution < -0.4 is 20.1 Å². The number of aryl methyl sites for hydroxylation is 1. The summed E-state index contributed by atoms with van der Waals surface area (Å²) in [5.41, 5.74) is 2.16. The number of aliphatic imine (C=N–C) groups is 1. The average Bonchev–Trinajstić information content (AvgIpc) is 2.73. The van der Waals surface area contributed by atoms with E-state index in [2.05, 4.69) is 26.4 Å². The Balaban J connectivity index is 1.92. The first-order valence-corrected chi connectivity index (χ1v) is 12.3. The van der Waals surface area contributed by atoms with Crippen molar-refractivity contribution >= 4 is 16.0 Å². The summed E-state index contributed by atoms with van der Waals surface area (Å²) >= 11 is 0. The van der Waals surface area contributed by atoms with Crippen LogP contribution in [0.15, 0.2) is 23.2 Å². The van der Waals surface area contributed by atoms with Gasteiger partial charge in [0.15, 0.2) is 5.96 Å². The largest absolute Gasteiger partial charge is 0.496 e. The Hall–Kier alpha value is -1.84. The summed E-state index contributed by atoms with van der Waals surface area (Å²) in [7, 11) is -1.75. The molecule has 1 saturated heterocycles. The Kier molecular flexibility index (Phi) is 9.87. The van der Waals surface area contributed by atoms with Crippen LogP contribution in [-0.4, -0.2) is 59.6 Å². The molecule has 1 aliphatic rings. The first kappa shape index (κ1) is 24.4. The van der Waals surface area contributed by atoms with Crippen molar-refractivity contribution < 1.29 is 17.9 Å². The lowest BCUT2D eigenvalue weighted by atomic mass is 10.0.